The van der Waals surface area contributed by atoms with Gasteiger partial charge in [-0.25, -0.2) is 4.98 Å². The van der Waals surface area contributed by atoms with Gasteiger partial charge in [-0.3, -0.25) is 9.69 Å². The van der Waals surface area contributed by atoms with Crippen LogP contribution in [0.2, 0.25) is 0 Å². The van der Waals surface area contributed by atoms with Gasteiger partial charge < -0.3 is 19.4 Å². The zero-order valence-corrected chi connectivity index (χ0v) is 19.6. The number of likely N-dealkylation sites (tertiary alicyclic amines) is 1. The number of fused-ring (bicyclic) bond motifs is 1. The molecule has 4 heterocycles. The fourth-order valence-electron chi connectivity index (χ4n) is 4.61. The van der Waals surface area contributed by atoms with E-state index in [9.17, 15) is 18.0 Å². The van der Waals surface area contributed by atoms with E-state index >= 15 is 0 Å². The number of para-hydroxylation sites is 1. The lowest BCUT2D eigenvalue weighted by Gasteiger charge is -2.36. The lowest BCUT2D eigenvalue weighted by Crippen LogP contribution is -2.45. The van der Waals surface area contributed by atoms with Gasteiger partial charge in [0, 0.05) is 31.7 Å². The number of amides is 1. The standard InChI is InChI=1S/C26H27F3N4O3/c27-26(28,29)21-4-3-5-22-24(21)36-20(17-35-22)16-32-12-8-18(9-13-32)14-31-25(34)19-6-7-23(30-15-19)33-10-1-2-11-33/h1-7,10-11,15,18,20H,8-9,12-14,16-17H2,(H,31,34). The normalized spacial score (nSPS) is 18.7. The van der Waals surface area contributed by atoms with Crippen molar-refractivity contribution in [2.45, 2.75) is 25.1 Å². The van der Waals surface area contributed by atoms with Crippen molar-refractivity contribution in [2.24, 2.45) is 5.92 Å². The molecule has 0 saturated carbocycles. The minimum Gasteiger partial charge on any atom is -0.486 e. The predicted octanol–water partition coefficient (Wildman–Crippen LogP) is 4.17. The lowest BCUT2D eigenvalue weighted by atomic mass is 9.96. The summed E-state index contributed by atoms with van der Waals surface area (Å²) in [7, 11) is 0. The number of hydrogen-bond acceptors (Lipinski definition) is 5. The molecule has 36 heavy (non-hydrogen) atoms. The van der Waals surface area contributed by atoms with Crippen LogP contribution in [-0.2, 0) is 6.18 Å². The highest BCUT2D eigenvalue weighted by atomic mass is 19.4. The molecule has 1 atom stereocenters. The van der Waals surface area contributed by atoms with E-state index in [2.05, 4.69) is 15.2 Å². The van der Waals surface area contributed by atoms with Crippen molar-refractivity contribution < 1.29 is 27.4 Å². The highest BCUT2D eigenvalue weighted by Crippen LogP contribution is 2.43. The van der Waals surface area contributed by atoms with Crippen molar-refractivity contribution in [1.82, 2.24) is 19.8 Å². The summed E-state index contributed by atoms with van der Waals surface area (Å²) in [5.74, 6) is 0.823. The Morgan fingerprint density at radius 1 is 1.08 bits per heavy atom. The number of nitrogens with zero attached hydrogens (tertiary/aromatic N) is 3. The highest BCUT2D eigenvalue weighted by molar-refractivity contribution is 5.93. The van der Waals surface area contributed by atoms with Gasteiger partial charge in [-0.1, -0.05) is 6.07 Å². The van der Waals surface area contributed by atoms with Crippen LogP contribution in [0.15, 0.2) is 61.1 Å². The van der Waals surface area contributed by atoms with E-state index in [0.717, 1.165) is 37.8 Å². The lowest BCUT2D eigenvalue weighted by molar-refractivity contribution is -0.140. The molecule has 1 unspecified atom stereocenters. The molecule has 0 radical (unpaired) electrons. The Bertz CT molecular complexity index is 1170. The van der Waals surface area contributed by atoms with Gasteiger partial charge in [0.15, 0.2) is 11.5 Å². The van der Waals surface area contributed by atoms with Crippen LogP contribution in [0.5, 0.6) is 11.5 Å². The first-order valence-electron chi connectivity index (χ1n) is 12.0. The Labute approximate surface area is 206 Å². The van der Waals surface area contributed by atoms with E-state index in [1.54, 1.807) is 18.3 Å². The summed E-state index contributed by atoms with van der Waals surface area (Å²) in [6, 6.07) is 11.2. The molecule has 3 aromatic rings. The number of rotatable bonds is 6. The number of piperidine rings is 1. The maximum atomic E-state index is 13.3. The summed E-state index contributed by atoms with van der Waals surface area (Å²) in [6.07, 6.45) is 2.13. The zero-order chi connectivity index (χ0) is 25.1. The first kappa shape index (κ1) is 24.2. The molecule has 0 bridgehead atoms. The van der Waals surface area contributed by atoms with Gasteiger partial charge in [-0.2, -0.15) is 13.2 Å². The van der Waals surface area contributed by atoms with E-state index in [0.29, 0.717) is 24.6 Å². The van der Waals surface area contributed by atoms with Crippen LogP contribution >= 0.6 is 0 Å². The van der Waals surface area contributed by atoms with Gasteiger partial charge in [-0.15, -0.1) is 0 Å². The number of aromatic nitrogens is 2. The second-order valence-corrected chi connectivity index (χ2v) is 9.13. The first-order valence-corrected chi connectivity index (χ1v) is 12.0. The van der Waals surface area contributed by atoms with Crippen molar-refractivity contribution in [1.29, 1.82) is 0 Å². The number of carbonyl (C=O) groups is 1. The third kappa shape index (κ3) is 5.48. The van der Waals surface area contributed by atoms with Crippen molar-refractivity contribution in [3.8, 4) is 17.3 Å². The summed E-state index contributed by atoms with van der Waals surface area (Å²) < 4.78 is 53.2. The van der Waals surface area contributed by atoms with Crippen LogP contribution in [0, 0.1) is 5.92 Å². The largest absolute Gasteiger partial charge is 0.486 e. The number of benzene rings is 1. The van der Waals surface area contributed by atoms with Crippen molar-refractivity contribution in [2.75, 3.05) is 32.8 Å². The Morgan fingerprint density at radius 2 is 1.86 bits per heavy atom. The maximum absolute atomic E-state index is 13.3. The van der Waals surface area contributed by atoms with Gasteiger partial charge >= 0.3 is 6.18 Å². The fourth-order valence-corrected chi connectivity index (χ4v) is 4.61. The summed E-state index contributed by atoms with van der Waals surface area (Å²) in [6.45, 7) is 2.82. The smallest absolute Gasteiger partial charge is 0.420 e. The molecule has 0 aliphatic carbocycles. The number of alkyl halides is 3. The number of ether oxygens (including phenoxy) is 2. The number of carbonyl (C=O) groups excluding carboxylic acids is 1. The van der Waals surface area contributed by atoms with Crippen molar-refractivity contribution >= 4 is 5.91 Å². The minimum absolute atomic E-state index is 0.130. The minimum atomic E-state index is -4.50. The van der Waals surface area contributed by atoms with Gasteiger partial charge in [0.1, 0.15) is 24.1 Å². The van der Waals surface area contributed by atoms with E-state index < -0.39 is 17.8 Å². The van der Waals surface area contributed by atoms with Crippen LogP contribution in [0.25, 0.3) is 5.82 Å². The second-order valence-electron chi connectivity index (χ2n) is 9.13. The summed E-state index contributed by atoms with van der Waals surface area (Å²) in [5, 5.41) is 2.99. The van der Waals surface area contributed by atoms with Gasteiger partial charge in [0.25, 0.3) is 5.91 Å². The molecule has 10 heteroatoms. The summed E-state index contributed by atoms with van der Waals surface area (Å²) in [5.41, 5.74) is -0.301. The quantitative estimate of drug-likeness (QED) is 0.550. The molecular weight excluding hydrogens is 473 g/mol. The monoisotopic (exact) mass is 500 g/mol. The Kier molecular flexibility index (Phi) is 6.86. The third-order valence-electron chi connectivity index (χ3n) is 6.59. The van der Waals surface area contributed by atoms with Crippen molar-refractivity contribution in [3.05, 3.63) is 72.2 Å². The van der Waals surface area contributed by atoms with E-state index in [1.165, 1.54) is 12.1 Å². The molecule has 1 saturated heterocycles. The van der Waals surface area contributed by atoms with Crippen LogP contribution in [0.4, 0.5) is 13.2 Å². The third-order valence-corrected chi connectivity index (χ3v) is 6.59. The Balaban J connectivity index is 1.07. The van der Waals surface area contributed by atoms with Gasteiger partial charge in [0.05, 0.1) is 5.56 Å². The zero-order valence-electron chi connectivity index (χ0n) is 19.6. The van der Waals surface area contributed by atoms with E-state index in [1.807, 2.05) is 29.1 Å². The molecule has 0 spiro atoms. The number of nitrogens with one attached hydrogen (secondary N) is 1. The van der Waals surface area contributed by atoms with Crippen LogP contribution in [0.1, 0.15) is 28.8 Å². The topological polar surface area (TPSA) is 68.6 Å². The number of halogens is 3. The Morgan fingerprint density at radius 3 is 2.56 bits per heavy atom. The van der Waals surface area contributed by atoms with Crippen LogP contribution in [0.3, 0.4) is 0 Å². The second kappa shape index (κ2) is 10.2. The molecule has 2 aromatic heterocycles. The molecule has 190 valence electrons. The summed E-state index contributed by atoms with van der Waals surface area (Å²) in [4.78, 5) is 19.1. The Hall–Kier alpha value is -3.53. The van der Waals surface area contributed by atoms with Crippen LogP contribution < -0.4 is 14.8 Å². The SMILES string of the molecule is O=C(NCC1CCN(CC2COc3cccc(C(F)(F)F)c3O2)CC1)c1ccc(-n2cccc2)nc1. The van der Waals surface area contributed by atoms with Crippen molar-refractivity contribution in [3.63, 3.8) is 0 Å². The molecule has 5 rings (SSSR count). The fraction of sp³-hybridized carbons (Fsp3) is 0.385. The number of hydrogen-bond donors (Lipinski definition) is 1. The molecular formula is C26H27F3N4O3. The molecule has 1 amide bonds. The number of pyridine rings is 1. The van der Waals surface area contributed by atoms with E-state index in [4.69, 9.17) is 9.47 Å². The molecule has 1 N–H and O–H groups in total. The van der Waals surface area contributed by atoms with E-state index in [-0.39, 0.29) is 24.0 Å². The molecule has 1 fully saturated rings. The maximum Gasteiger partial charge on any atom is 0.420 e. The van der Waals surface area contributed by atoms with Crippen LogP contribution in [-0.4, -0.2) is 59.2 Å². The summed E-state index contributed by atoms with van der Waals surface area (Å²) >= 11 is 0. The predicted molar refractivity (Wildman–Crippen MR) is 126 cm³/mol. The highest BCUT2D eigenvalue weighted by Gasteiger charge is 2.38. The molecule has 2 aliphatic rings. The average molecular weight is 501 g/mol. The van der Waals surface area contributed by atoms with Gasteiger partial charge in [0.2, 0.25) is 0 Å². The molecule has 2 aliphatic heterocycles. The first-order chi connectivity index (χ1) is 17.4. The average Bonchev–Trinajstić information content (AvgIpc) is 3.42. The van der Waals surface area contributed by atoms with Gasteiger partial charge in [-0.05, 0) is 68.2 Å². The molecule has 7 nitrogen and oxygen atoms in total. The molecule has 1 aromatic carbocycles.